The number of pyridine rings is 1. The Bertz CT molecular complexity index is 581. The zero-order valence-corrected chi connectivity index (χ0v) is 10.5. The molecule has 2 rings (SSSR count). The predicted molar refractivity (Wildman–Crippen MR) is 72.8 cm³/mol. The first kappa shape index (κ1) is 12.4. The molecule has 1 aromatic carbocycles. The number of hydrogen-bond donors (Lipinski definition) is 2. The van der Waals surface area contributed by atoms with Crippen LogP contribution in [-0.2, 0) is 0 Å². The number of halogens is 1. The highest BCUT2D eigenvalue weighted by atomic mass is 35.5. The number of rotatable bonds is 2. The molecule has 0 spiro atoms. The number of hydrogen-bond acceptors (Lipinski definition) is 3. The van der Waals surface area contributed by atoms with Gasteiger partial charge in [0.1, 0.15) is 0 Å². The van der Waals surface area contributed by atoms with Crippen molar-refractivity contribution in [3.8, 4) is 0 Å². The van der Waals surface area contributed by atoms with Crippen molar-refractivity contribution in [3.63, 3.8) is 0 Å². The number of nitrogens with zero attached hydrogens (tertiary/aromatic N) is 1. The van der Waals surface area contributed by atoms with Gasteiger partial charge in [0.05, 0.1) is 23.1 Å². The zero-order chi connectivity index (χ0) is 13.1. The van der Waals surface area contributed by atoms with Crippen LogP contribution in [0.5, 0.6) is 0 Å². The van der Waals surface area contributed by atoms with Gasteiger partial charge < -0.3 is 11.1 Å². The molecule has 1 amide bonds. The average molecular weight is 262 g/mol. The van der Waals surface area contributed by atoms with E-state index in [0.29, 0.717) is 27.7 Å². The molecule has 0 unspecified atom stereocenters. The lowest BCUT2D eigenvalue weighted by Crippen LogP contribution is -2.14. The minimum Gasteiger partial charge on any atom is -0.397 e. The predicted octanol–water partition coefficient (Wildman–Crippen LogP) is 2.88. The molecular weight excluding hydrogens is 250 g/mol. The van der Waals surface area contributed by atoms with Crippen molar-refractivity contribution in [1.82, 2.24) is 4.98 Å². The maximum Gasteiger partial charge on any atom is 0.257 e. The van der Waals surface area contributed by atoms with Crippen LogP contribution in [0.15, 0.2) is 36.5 Å². The van der Waals surface area contributed by atoms with Crippen molar-refractivity contribution in [2.24, 2.45) is 0 Å². The zero-order valence-electron chi connectivity index (χ0n) is 9.77. The second-order valence-corrected chi connectivity index (χ2v) is 4.30. The van der Waals surface area contributed by atoms with E-state index in [-0.39, 0.29) is 5.91 Å². The van der Waals surface area contributed by atoms with Gasteiger partial charge in [0, 0.05) is 10.7 Å². The molecule has 0 saturated carbocycles. The van der Waals surface area contributed by atoms with Gasteiger partial charge in [-0.15, -0.1) is 0 Å². The summed E-state index contributed by atoms with van der Waals surface area (Å²) in [7, 11) is 0. The number of nitrogen functional groups attached to an aromatic ring is 1. The van der Waals surface area contributed by atoms with Gasteiger partial charge in [0.15, 0.2) is 0 Å². The Labute approximate surface area is 110 Å². The largest absolute Gasteiger partial charge is 0.397 e. The molecule has 0 atom stereocenters. The third-order valence-corrected chi connectivity index (χ3v) is 2.71. The van der Waals surface area contributed by atoms with Crippen LogP contribution >= 0.6 is 11.6 Å². The summed E-state index contributed by atoms with van der Waals surface area (Å²) in [6.45, 7) is 1.76. The lowest BCUT2D eigenvalue weighted by Gasteiger charge is -2.07. The lowest BCUT2D eigenvalue weighted by molar-refractivity contribution is 0.102. The monoisotopic (exact) mass is 261 g/mol. The molecule has 0 aliphatic rings. The maximum absolute atomic E-state index is 12.0. The molecule has 1 heterocycles. The number of anilines is 2. The molecule has 0 aliphatic heterocycles. The van der Waals surface area contributed by atoms with Crippen molar-refractivity contribution >= 4 is 28.9 Å². The Morgan fingerprint density at radius 1 is 1.33 bits per heavy atom. The molecule has 1 aromatic heterocycles. The van der Waals surface area contributed by atoms with Crippen molar-refractivity contribution in [1.29, 1.82) is 0 Å². The fraction of sp³-hybridized carbons (Fsp3) is 0.0769. The van der Waals surface area contributed by atoms with E-state index in [4.69, 9.17) is 17.3 Å². The summed E-state index contributed by atoms with van der Waals surface area (Å²) in [5, 5.41) is 3.38. The highest BCUT2D eigenvalue weighted by Crippen LogP contribution is 2.16. The van der Waals surface area contributed by atoms with E-state index < -0.39 is 0 Å². The molecule has 0 radical (unpaired) electrons. The van der Waals surface area contributed by atoms with Gasteiger partial charge in [-0.3, -0.25) is 9.78 Å². The van der Waals surface area contributed by atoms with Gasteiger partial charge in [0.25, 0.3) is 5.91 Å². The van der Waals surface area contributed by atoms with E-state index in [1.54, 1.807) is 37.3 Å². The third kappa shape index (κ3) is 2.78. The SMILES string of the molecule is Cc1ncc(N)cc1C(=O)Nc1ccc(Cl)cc1. The molecule has 0 fully saturated rings. The normalized spacial score (nSPS) is 10.1. The van der Waals surface area contributed by atoms with E-state index in [1.807, 2.05) is 0 Å². The minimum atomic E-state index is -0.241. The van der Waals surface area contributed by atoms with Gasteiger partial charge in [-0.1, -0.05) is 11.6 Å². The maximum atomic E-state index is 12.0. The van der Waals surface area contributed by atoms with E-state index >= 15 is 0 Å². The summed E-state index contributed by atoms with van der Waals surface area (Å²) < 4.78 is 0. The summed E-state index contributed by atoms with van der Waals surface area (Å²) >= 11 is 5.77. The second kappa shape index (κ2) is 5.06. The van der Waals surface area contributed by atoms with Gasteiger partial charge in [-0.2, -0.15) is 0 Å². The van der Waals surface area contributed by atoms with Crippen molar-refractivity contribution in [2.45, 2.75) is 6.92 Å². The Balaban J connectivity index is 2.21. The van der Waals surface area contributed by atoms with Gasteiger partial charge in [0.2, 0.25) is 0 Å². The number of carbonyl (C=O) groups excluding carboxylic acids is 1. The Morgan fingerprint density at radius 3 is 2.67 bits per heavy atom. The van der Waals surface area contributed by atoms with Crippen LogP contribution in [-0.4, -0.2) is 10.9 Å². The third-order valence-electron chi connectivity index (χ3n) is 2.45. The summed E-state index contributed by atoms with van der Waals surface area (Å²) in [4.78, 5) is 16.1. The van der Waals surface area contributed by atoms with Crippen LogP contribution < -0.4 is 11.1 Å². The van der Waals surface area contributed by atoms with Gasteiger partial charge in [-0.05, 0) is 37.3 Å². The topological polar surface area (TPSA) is 68.0 Å². The molecule has 0 bridgehead atoms. The van der Waals surface area contributed by atoms with Crippen LogP contribution in [0.2, 0.25) is 5.02 Å². The van der Waals surface area contributed by atoms with Crippen LogP contribution in [0.1, 0.15) is 16.1 Å². The summed E-state index contributed by atoms with van der Waals surface area (Å²) in [5.74, 6) is -0.241. The number of carbonyl (C=O) groups is 1. The highest BCUT2D eigenvalue weighted by Gasteiger charge is 2.10. The standard InChI is InChI=1S/C13H12ClN3O/c1-8-12(6-10(15)7-16-8)13(18)17-11-4-2-9(14)3-5-11/h2-7H,15H2,1H3,(H,17,18). The number of aromatic nitrogens is 1. The van der Waals surface area contributed by atoms with Crippen molar-refractivity contribution < 1.29 is 4.79 Å². The quantitative estimate of drug-likeness (QED) is 0.873. The fourth-order valence-corrected chi connectivity index (χ4v) is 1.64. The molecule has 92 valence electrons. The van der Waals surface area contributed by atoms with Gasteiger partial charge in [-0.25, -0.2) is 0 Å². The Hall–Kier alpha value is -2.07. The average Bonchev–Trinajstić information content (AvgIpc) is 2.35. The Kier molecular flexibility index (Phi) is 3.48. The van der Waals surface area contributed by atoms with E-state index in [2.05, 4.69) is 10.3 Å². The molecule has 0 aliphatic carbocycles. The van der Waals surface area contributed by atoms with Gasteiger partial charge >= 0.3 is 0 Å². The van der Waals surface area contributed by atoms with E-state index in [9.17, 15) is 4.79 Å². The van der Waals surface area contributed by atoms with Crippen LogP contribution in [0.3, 0.4) is 0 Å². The summed E-state index contributed by atoms with van der Waals surface area (Å²) in [6.07, 6.45) is 1.52. The number of aryl methyl sites for hydroxylation is 1. The van der Waals surface area contributed by atoms with E-state index in [0.717, 1.165) is 0 Å². The molecular formula is C13H12ClN3O. The molecule has 0 saturated heterocycles. The minimum absolute atomic E-state index is 0.241. The molecule has 18 heavy (non-hydrogen) atoms. The smallest absolute Gasteiger partial charge is 0.257 e. The second-order valence-electron chi connectivity index (χ2n) is 3.86. The van der Waals surface area contributed by atoms with Crippen molar-refractivity contribution in [2.75, 3.05) is 11.1 Å². The Morgan fingerprint density at radius 2 is 2.00 bits per heavy atom. The van der Waals surface area contributed by atoms with Crippen LogP contribution in [0.4, 0.5) is 11.4 Å². The lowest BCUT2D eigenvalue weighted by atomic mass is 10.1. The highest BCUT2D eigenvalue weighted by molar-refractivity contribution is 6.30. The van der Waals surface area contributed by atoms with Crippen molar-refractivity contribution in [3.05, 3.63) is 52.8 Å². The molecule has 2 aromatic rings. The molecule has 3 N–H and O–H groups in total. The number of nitrogens with two attached hydrogens (primary N) is 1. The number of amides is 1. The molecule has 4 nitrogen and oxygen atoms in total. The fourth-order valence-electron chi connectivity index (χ4n) is 1.51. The first-order chi connectivity index (χ1) is 8.56. The van der Waals surface area contributed by atoms with Crippen LogP contribution in [0, 0.1) is 6.92 Å². The first-order valence-electron chi connectivity index (χ1n) is 5.35. The molecule has 5 heteroatoms. The van der Waals surface area contributed by atoms with Crippen LogP contribution in [0.25, 0.3) is 0 Å². The number of benzene rings is 1. The summed E-state index contributed by atoms with van der Waals surface area (Å²) in [5.41, 5.74) is 7.85. The number of nitrogens with one attached hydrogen (secondary N) is 1. The summed E-state index contributed by atoms with van der Waals surface area (Å²) in [6, 6.07) is 8.49. The van der Waals surface area contributed by atoms with E-state index in [1.165, 1.54) is 6.20 Å². The first-order valence-corrected chi connectivity index (χ1v) is 5.73.